The van der Waals surface area contributed by atoms with Gasteiger partial charge in [-0.15, -0.1) is 11.8 Å². The topological polar surface area (TPSA) is 67.9 Å². The summed E-state index contributed by atoms with van der Waals surface area (Å²) in [5.74, 6) is 1.25. The molecule has 0 saturated carbocycles. The maximum Gasteiger partial charge on any atom is 0.238 e. The number of ether oxygens (including phenoxy) is 2. The predicted octanol–water partition coefficient (Wildman–Crippen LogP) is 3.09. The number of nitrogens with zero attached hydrogens (tertiary/aromatic N) is 1. The number of fused-ring (bicyclic) bond motifs is 2. The number of nitrogens with one attached hydrogen (secondary N) is 1. The predicted molar refractivity (Wildman–Crippen MR) is 108 cm³/mol. The van der Waals surface area contributed by atoms with Gasteiger partial charge < -0.3 is 19.7 Å². The van der Waals surface area contributed by atoms with Gasteiger partial charge in [0.2, 0.25) is 11.8 Å². The second-order valence-corrected chi connectivity index (χ2v) is 8.08. The van der Waals surface area contributed by atoms with Gasteiger partial charge in [0.25, 0.3) is 0 Å². The number of amides is 2. The Balaban J connectivity index is 1.46. The Hall–Kier alpha value is -2.67. The van der Waals surface area contributed by atoms with Crippen molar-refractivity contribution in [3.05, 3.63) is 47.5 Å². The van der Waals surface area contributed by atoms with Gasteiger partial charge in [0.1, 0.15) is 0 Å². The monoisotopic (exact) mass is 398 g/mol. The summed E-state index contributed by atoms with van der Waals surface area (Å²) in [5.41, 5.74) is 3.04. The van der Waals surface area contributed by atoms with Crippen molar-refractivity contribution in [3.63, 3.8) is 0 Å². The maximum absolute atomic E-state index is 12.9. The second kappa shape index (κ2) is 7.75. The van der Waals surface area contributed by atoms with Crippen molar-refractivity contribution in [1.82, 2.24) is 4.90 Å². The van der Waals surface area contributed by atoms with Gasteiger partial charge in [-0.05, 0) is 41.8 Å². The lowest BCUT2D eigenvalue weighted by atomic mass is 9.98. The number of anilines is 1. The van der Waals surface area contributed by atoms with Crippen LogP contribution in [-0.2, 0) is 22.6 Å². The second-order valence-electron chi connectivity index (χ2n) is 6.84. The molecule has 0 radical (unpaired) electrons. The zero-order valence-corrected chi connectivity index (χ0v) is 16.7. The molecule has 1 N–H and O–H groups in total. The normalized spacial score (nSPS) is 18.0. The SMILES string of the molecule is COc1cc2c(cc1OC)CN(C(=O)CC1Sc3ccccc3NC1=O)CC2. The molecule has 2 heterocycles. The number of methoxy groups -OCH3 is 2. The summed E-state index contributed by atoms with van der Waals surface area (Å²) >= 11 is 1.46. The summed E-state index contributed by atoms with van der Waals surface area (Å²) in [6.45, 7) is 1.15. The van der Waals surface area contributed by atoms with Crippen LogP contribution < -0.4 is 14.8 Å². The van der Waals surface area contributed by atoms with Crippen molar-refractivity contribution in [2.75, 3.05) is 26.1 Å². The van der Waals surface area contributed by atoms with Crippen LogP contribution in [0.25, 0.3) is 0 Å². The lowest BCUT2D eigenvalue weighted by Gasteiger charge is -2.31. The number of hydrogen-bond donors (Lipinski definition) is 1. The van der Waals surface area contributed by atoms with Crippen LogP contribution in [-0.4, -0.2) is 42.7 Å². The van der Waals surface area contributed by atoms with Crippen LogP contribution in [0.15, 0.2) is 41.3 Å². The highest BCUT2D eigenvalue weighted by Gasteiger charge is 2.31. The molecule has 0 bridgehead atoms. The van der Waals surface area contributed by atoms with E-state index >= 15 is 0 Å². The zero-order chi connectivity index (χ0) is 19.7. The summed E-state index contributed by atoms with van der Waals surface area (Å²) in [5, 5.41) is 2.49. The highest BCUT2D eigenvalue weighted by atomic mass is 32.2. The third-order valence-electron chi connectivity index (χ3n) is 5.14. The Morgan fingerprint density at radius 3 is 2.64 bits per heavy atom. The summed E-state index contributed by atoms with van der Waals surface area (Å²) in [6.07, 6.45) is 0.946. The van der Waals surface area contributed by atoms with Crippen LogP contribution >= 0.6 is 11.8 Å². The fourth-order valence-corrected chi connectivity index (χ4v) is 4.71. The molecule has 0 spiro atoms. The molecule has 0 aromatic heterocycles. The first-order chi connectivity index (χ1) is 13.6. The fourth-order valence-electron chi connectivity index (χ4n) is 3.61. The summed E-state index contributed by atoms with van der Waals surface area (Å²) in [4.78, 5) is 28.1. The van der Waals surface area contributed by atoms with E-state index in [1.54, 1.807) is 14.2 Å². The molecular weight excluding hydrogens is 376 g/mol. The van der Waals surface area contributed by atoms with Crippen molar-refractivity contribution >= 4 is 29.3 Å². The number of para-hydroxylation sites is 1. The first-order valence-corrected chi connectivity index (χ1v) is 10.0. The average molecular weight is 398 g/mol. The van der Waals surface area contributed by atoms with Gasteiger partial charge in [-0.2, -0.15) is 0 Å². The molecule has 2 aliphatic heterocycles. The number of rotatable bonds is 4. The lowest BCUT2D eigenvalue weighted by Crippen LogP contribution is -2.40. The number of carbonyl (C=O) groups is 2. The fraction of sp³-hybridized carbons (Fsp3) is 0.333. The molecule has 28 heavy (non-hydrogen) atoms. The molecule has 1 atom stereocenters. The molecule has 7 heteroatoms. The van der Waals surface area contributed by atoms with E-state index in [-0.39, 0.29) is 18.2 Å². The largest absolute Gasteiger partial charge is 0.493 e. The number of carbonyl (C=O) groups excluding carboxylic acids is 2. The van der Waals surface area contributed by atoms with Gasteiger partial charge in [0.15, 0.2) is 11.5 Å². The number of hydrogen-bond acceptors (Lipinski definition) is 5. The van der Waals surface area contributed by atoms with E-state index in [1.165, 1.54) is 17.3 Å². The summed E-state index contributed by atoms with van der Waals surface area (Å²) in [7, 11) is 3.22. The van der Waals surface area contributed by atoms with E-state index in [4.69, 9.17) is 9.47 Å². The van der Waals surface area contributed by atoms with Gasteiger partial charge in [-0.25, -0.2) is 0 Å². The summed E-state index contributed by atoms with van der Waals surface area (Å²) < 4.78 is 10.7. The minimum atomic E-state index is -0.408. The van der Waals surface area contributed by atoms with E-state index in [2.05, 4.69) is 5.32 Å². The molecule has 2 amide bonds. The first kappa shape index (κ1) is 18.7. The number of thioether (sulfide) groups is 1. The van der Waals surface area contributed by atoms with E-state index in [0.29, 0.717) is 24.6 Å². The highest BCUT2D eigenvalue weighted by Crippen LogP contribution is 2.37. The van der Waals surface area contributed by atoms with Crippen molar-refractivity contribution in [2.24, 2.45) is 0 Å². The molecule has 4 rings (SSSR count). The van der Waals surface area contributed by atoms with Crippen LogP contribution in [0.3, 0.4) is 0 Å². The molecule has 0 saturated heterocycles. The Bertz CT molecular complexity index is 931. The van der Waals surface area contributed by atoms with Gasteiger partial charge in [0.05, 0.1) is 25.2 Å². The maximum atomic E-state index is 12.9. The molecule has 146 valence electrons. The van der Waals surface area contributed by atoms with Crippen molar-refractivity contribution < 1.29 is 19.1 Å². The molecule has 0 fully saturated rings. The zero-order valence-electron chi connectivity index (χ0n) is 15.9. The van der Waals surface area contributed by atoms with Gasteiger partial charge in [-0.1, -0.05) is 12.1 Å². The van der Waals surface area contributed by atoms with Crippen molar-refractivity contribution in [2.45, 2.75) is 29.5 Å². The Kier molecular flexibility index (Phi) is 5.17. The molecule has 2 aliphatic rings. The van der Waals surface area contributed by atoms with Crippen LogP contribution in [0.2, 0.25) is 0 Å². The van der Waals surface area contributed by atoms with Crippen molar-refractivity contribution in [1.29, 1.82) is 0 Å². The highest BCUT2D eigenvalue weighted by molar-refractivity contribution is 8.01. The minimum Gasteiger partial charge on any atom is -0.493 e. The van der Waals surface area contributed by atoms with Gasteiger partial charge in [-0.3, -0.25) is 9.59 Å². The smallest absolute Gasteiger partial charge is 0.238 e. The van der Waals surface area contributed by atoms with Crippen LogP contribution in [0.4, 0.5) is 5.69 Å². The minimum absolute atomic E-state index is 0.00698. The van der Waals surface area contributed by atoms with Crippen LogP contribution in [0.5, 0.6) is 11.5 Å². The molecular formula is C21H22N2O4S. The molecule has 2 aromatic rings. The summed E-state index contributed by atoms with van der Waals surface area (Å²) in [6, 6.07) is 11.6. The average Bonchev–Trinajstić information content (AvgIpc) is 2.72. The molecule has 0 aliphatic carbocycles. The van der Waals surface area contributed by atoms with Crippen molar-refractivity contribution in [3.8, 4) is 11.5 Å². The first-order valence-electron chi connectivity index (χ1n) is 9.17. The molecule has 6 nitrogen and oxygen atoms in total. The van der Waals surface area contributed by atoms with Crippen LogP contribution in [0, 0.1) is 0 Å². The van der Waals surface area contributed by atoms with Gasteiger partial charge in [0, 0.05) is 24.4 Å². The standard InChI is InChI=1S/C21H22N2O4S/c1-26-16-9-13-7-8-23(12-14(13)10-17(16)27-2)20(24)11-19-21(25)22-15-5-3-4-6-18(15)28-19/h3-6,9-10,19H,7-8,11-12H2,1-2H3,(H,22,25). The lowest BCUT2D eigenvalue weighted by molar-refractivity contribution is -0.133. The molecule has 1 unspecified atom stereocenters. The number of benzene rings is 2. The Labute approximate surface area is 168 Å². The van der Waals surface area contributed by atoms with E-state index in [9.17, 15) is 9.59 Å². The van der Waals surface area contributed by atoms with Crippen LogP contribution in [0.1, 0.15) is 17.5 Å². The van der Waals surface area contributed by atoms with E-state index in [1.807, 2.05) is 41.3 Å². The third-order valence-corrected chi connectivity index (χ3v) is 6.41. The third kappa shape index (κ3) is 3.54. The Morgan fingerprint density at radius 1 is 1.18 bits per heavy atom. The van der Waals surface area contributed by atoms with Gasteiger partial charge >= 0.3 is 0 Å². The van der Waals surface area contributed by atoms with E-state index in [0.717, 1.165) is 22.6 Å². The molecule has 2 aromatic carbocycles. The Morgan fingerprint density at radius 2 is 1.89 bits per heavy atom. The van der Waals surface area contributed by atoms with E-state index < -0.39 is 5.25 Å². The quantitative estimate of drug-likeness (QED) is 0.857.